The van der Waals surface area contributed by atoms with Crippen LogP contribution in [0.2, 0.25) is 0 Å². The van der Waals surface area contributed by atoms with E-state index in [4.69, 9.17) is 14.7 Å². The average Bonchev–Trinajstić information content (AvgIpc) is 2.71. The Hall–Kier alpha value is -0.920. The predicted octanol–water partition coefficient (Wildman–Crippen LogP) is 1.65. The van der Waals surface area contributed by atoms with Gasteiger partial charge in [-0.05, 0) is 6.42 Å². The molecule has 0 heterocycles. The quantitative estimate of drug-likeness (QED) is 0.649. The number of ketones is 1. The lowest BCUT2D eigenvalue weighted by molar-refractivity contribution is -0.202. The fourth-order valence-corrected chi connectivity index (χ4v) is 2.09. The molecule has 0 aliphatic heterocycles. The second kappa shape index (κ2) is 5.24. The highest BCUT2D eigenvalue weighted by atomic mass is 16.7. The van der Waals surface area contributed by atoms with E-state index in [-0.39, 0.29) is 11.7 Å². The van der Waals surface area contributed by atoms with Crippen LogP contribution in [-0.4, -0.2) is 25.8 Å². The first-order valence-corrected chi connectivity index (χ1v) is 5.17. The Balaban J connectivity index is 2.48. The Kier molecular flexibility index (Phi) is 4.25. The maximum absolute atomic E-state index is 11.7. The molecule has 15 heavy (non-hydrogen) atoms. The summed E-state index contributed by atoms with van der Waals surface area (Å²) in [6, 6.07) is 1.99. The summed E-state index contributed by atoms with van der Waals surface area (Å²) in [7, 11) is 3.21. The Labute approximate surface area is 90.2 Å². The number of nitriles is 1. The van der Waals surface area contributed by atoms with Crippen LogP contribution in [-0.2, 0) is 14.3 Å². The van der Waals surface area contributed by atoms with Crippen LogP contribution in [0.15, 0.2) is 0 Å². The van der Waals surface area contributed by atoms with E-state index in [1.54, 1.807) is 14.2 Å². The van der Waals surface area contributed by atoms with Crippen molar-refractivity contribution < 1.29 is 14.3 Å². The Morgan fingerprint density at radius 2 is 2.20 bits per heavy atom. The van der Waals surface area contributed by atoms with Gasteiger partial charge in [0.25, 0.3) is 0 Å². The van der Waals surface area contributed by atoms with Crippen LogP contribution in [0.4, 0.5) is 0 Å². The molecule has 0 aromatic rings. The van der Waals surface area contributed by atoms with Crippen LogP contribution in [0.25, 0.3) is 0 Å². The maximum Gasteiger partial charge on any atom is 0.168 e. The highest BCUT2D eigenvalue weighted by molar-refractivity contribution is 5.81. The molecule has 1 fully saturated rings. The van der Waals surface area contributed by atoms with Gasteiger partial charge in [0.15, 0.2) is 5.79 Å². The number of hydrogen-bond acceptors (Lipinski definition) is 4. The molecule has 1 aliphatic carbocycles. The van der Waals surface area contributed by atoms with Crippen LogP contribution in [0, 0.1) is 17.2 Å². The summed E-state index contributed by atoms with van der Waals surface area (Å²) in [5.41, 5.74) is 0. The fourth-order valence-electron chi connectivity index (χ4n) is 2.09. The summed E-state index contributed by atoms with van der Waals surface area (Å²) in [5, 5.41) is 8.40. The Morgan fingerprint density at radius 3 is 2.67 bits per heavy atom. The van der Waals surface area contributed by atoms with E-state index in [0.717, 1.165) is 12.8 Å². The lowest BCUT2D eigenvalue weighted by atomic mass is 9.98. The molecule has 0 aromatic heterocycles. The largest absolute Gasteiger partial charge is 0.353 e. The highest BCUT2D eigenvalue weighted by Crippen LogP contribution is 2.38. The van der Waals surface area contributed by atoms with E-state index in [1.807, 2.05) is 6.07 Å². The molecule has 4 heteroatoms. The molecule has 0 radical (unpaired) electrons. The molecule has 0 N–H and O–H groups in total. The molecule has 1 rings (SSSR count). The van der Waals surface area contributed by atoms with Crippen molar-refractivity contribution in [3.63, 3.8) is 0 Å². The van der Waals surface area contributed by atoms with Gasteiger partial charge in [-0.2, -0.15) is 5.26 Å². The van der Waals surface area contributed by atoms with Crippen molar-refractivity contribution in [3.8, 4) is 6.07 Å². The van der Waals surface area contributed by atoms with Crippen LogP contribution in [0.5, 0.6) is 0 Å². The van der Waals surface area contributed by atoms with Gasteiger partial charge in [-0.3, -0.25) is 4.79 Å². The fraction of sp³-hybridized carbons (Fsp3) is 0.818. The number of rotatable bonds is 5. The van der Waals surface area contributed by atoms with Crippen molar-refractivity contribution in [1.29, 1.82) is 5.26 Å². The Morgan fingerprint density at radius 1 is 1.53 bits per heavy atom. The van der Waals surface area contributed by atoms with Gasteiger partial charge < -0.3 is 9.47 Å². The number of hydrogen-bond donors (Lipinski definition) is 0. The summed E-state index contributed by atoms with van der Waals surface area (Å²) in [4.78, 5) is 11.7. The molecule has 0 amide bonds. The summed E-state index contributed by atoms with van der Waals surface area (Å²) in [6.45, 7) is 0. The first-order valence-electron chi connectivity index (χ1n) is 5.17. The maximum atomic E-state index is 11.7. The zero-order valence-electron chi connectivity index (χ0n) is 9.28. The number of carbonyl (C=O) groups is 1. The van der Waals surface area contributed by atoms with E-state index in [0.29, 0.717) is 19.3 Å². The lowest BCUT2D eigenvalue weighted by Gasteiger charge is -2.25. The summed E-state index contributed by atoms with van der Waals surface area (Å²) >= 11 is 0. The first-order chi connectivity index (χ1) is 7.17. The molecular formula is C11H17NO3. The van der Waals surface area contributed by atoms with E-state index >= 15 is 0 Å². The van der Waals surface area contributed by atoms with Crippen molar-refractivity contribution >= 4 is 5.78 Å². The first kappa shape index (κ1) is 12.2. The minimum Gasteiger partial charge on any atom is -0.353 e. The molecule has 4 nitrogen and oxygen atoms in total. The SMILES string of the molecule is COC1(OC)CCC(C(=O)CCC#N)C1. The standard InChI is InChI=1S/C11H17NO3/c1-14-11(15-2)6-5-9(8-11)10(13)4-3-7-12/h9H,3-6,8H2,1-2H3. The molecule has 1 atom stereocenters. The van der Waals surface area contributed by atoms with Gasteiger partial charge in [0.05, 0.1) is 6.07 Å². The highest BCUT2D eigenvalue weighted by Gasteiger charge is 2.41. The van der Waals surface area contributed by atoms with Gasteiger partial charge in [-0.25, -0.2) is 0 Å². The van der Waals surface area contributed by atoms with Crippen molar-refractivity contribution in [2.75, 3.05) is 14.2 Å². The van der Waals surface area contributed by atoms with Crippen molar-refractivity contribution in [2.24, 2.45) is 5.92 Å². The van der Waals surface area contributed by atoms with Crippen molar-refractivity contribution in [2.45, 2.75) is 37.9 Å². The Bertz CT molecular complexity index is 265. The van der Waals surface area contributed by atoms with Crippen molar-refractivity contribution in [3.05, 3.63) is 0 Å². The minimum absolute atomic E-state index is 0.00162. The molecule has 0 saturated heterocycles. The third-order valence-corrected chi connectivity index (χ3v) is 3.11. The smallest absolute Gasteiger partial charge is 0.168 e. The van der Waals surface area contributed by atoms with Crippen LogP contribution < -0.4 is 0 Å². The zero-order valence-corrected chi connectivity index (χ0v) is 9.28. The van der Waals surface area contributed by atoms with Crippen LogP contribution in [0.3, 0.4) is 0 Å². The average molecular weight is 211 g/mol. The van der Waals surface area contributed by atoms with Crippen LogP contribution in [0.1, 0.15) is 32.1 Å². The molecule has 0 spiro atoms. The second-order valence-electron chi connectivity index (χ2n) is 3.88. The third-order valence-electron chi connectivity index (χ3n) is 3.11. The molecule has 1 unspecified atom stereocenters. The van der Waals surface area contributed by atoms with E-state index in [9.17, 15) is 4.79 Å². The molecule has 84 valence electrons. The number of methoxy groups -OCH3 is 2. The summed E-state index contributed by atoms with van der Waals surface area (Å²) < 4.78 is 10.6. The van der Waals surface area contributed by atoms with Gasteiger partial charge in [0.2, 0.25) is 0 Å². The summed E-state index contributed by atoms with van der Waals surface area (Å²) in [6.07, 6.45) is 2.83. The number of Topliss-reactive ketones (excluding diaryl/α,β-unsaturated/α-hetero) is 1. The number of nitrogens with zero attached hydrogens (tertiary/aromatic N) is 1. The van der Waals surface area contributed by atoms with E-state index < -0.39 is 5.79 Å². The van der Waals surface area contributed by atoms with Gasteiger partial charge >= 0.3 is 0 Å². The van der Waals surface area contributed by atoms with E-state index in [2.05, 4.69) is 0 Å². The second-order valence-corrected chi connectivity index (χ2v) is 3.88. The predicted molar refractivity (Wildman–Crippen MR) is 53.9 cm³/mol. The van der Waals surface area contributed by atoms with Gasteiger partial charge in [-0.1, -0.05) is 0 Å². The van der Waals surface area contributed by atoms with Gasteiger partial charge in [0.1, 0.15) is 5.78 Å². The van der Waals surface area contributed by atoms with Gasteiger partial charge in [-0.15, -0.1) is 0 Å². The molecule has 1 aliphatic rings. The zero-order chi connectivity index (χ0) is 11.3. The normalized spacial score (nSPS) is 23.7. The van der Waals surface area contributed by atoms with Crippen molar-refractivity contribution in [1.82, 2.24) is 0 Å². The third kappa shape index (κ3) is 2.77. The topological polar surface area (TPSA) is 59.3 Å². The van der Waals surface area contributed by atoms with Crippen LogP contribution >= 0.6 is 0 Å². The van der Waals surface area contributed by atoms with E-state index in [1.165, 1.54) is 0 Å². The number of carbonyl (C=O) groups excluding carboxylic acids is 1. The minimum atomic E-state index is -0.576. The molecular weight excluding hydrogens is 194 g/mol. The monoisotopic (exact) mass is 211 g/mol. The number of ether oxygens (including phenoxy) is 2. The molecule has 0 aromatic carbocycles. The summed E-state index contributed by atoms with van der Waals surface area (Å²) in [5.74, 6) is -0.418. The molecule has 0 bridgehead atoms. The van der Waals surface area contributed by atoms with Gasteiger partial charge in [0, 0.05) is 45.8 Å². The lowest BCUT2D eigenvalue weighted by Crippen LogP contribution is -2.31. The molecule has 1 saturated carbocycles.